The molecule has 0 aromatic heterocycles. The molecule has 0 radical (unpaired) electrons. The number of anilines is 1. The maximum atomic E-state index is 12.2. The first kappa shape index (κ1) is 18.2. The average Bonchev–Trinajstić information content (AvgIpc) is 2.52. The molecular weight excluding hydrogens is 347 g/mol. The highest BCUT2D eigenvalue weighted by molar-refractivity contribution is 6.27. The molecule has 0 atom stereocenters. The molecule has 1 aliphatic rings. The Labute approximate surface area is 139 Å². The van der Waals surface area contributed by atoms with Gasteiger partial charge in [-0.1, -0.05) is 0 Å². The summed E-state index contributed by atoms with van der Waals surface area (Å²) in [5.41, 5.74) is 0.0438. The number of benzene rings is 1. The van der Waals surface area contributed by atoms with Crippen LogP contribution in [0.15, 0.2) is 24.3 Å². The summed E-state index contributed by atoms with van der Waals surface area (Å²) >= 11 is 0. The number of imide groups is 2. The maximum absolute atomic E-state index is 12.2. The zero-order valence-electron chi connectivity index (χ0n) is 13.0. The zero-order chi connectivity index (χ0) is 18.9. The van der Waals surface area contributed by atoms with Gasteiger partial charge in [0.05, 0.1) is 0 Å². The van der Waals surface area contributed by atoms with E-state index in [2.05, 4.69) is 10.1 Å². The highest BCUT2D eigenvalue weighted by Gasteiger charge is 2.46. The van der Waals surface area contributed by atoms with Crippen molar-refractivity contribution in [3.63, 3.8) is 0 Å². The lowest BCUT2D eigenvalue weighted by molar-refractivity contribution is -0.274. The number of halogens is 3. The Morgan fingerprint density at radius 2 is 1.52 bits per heavy atom. The Morgan fingerprint density at radius 3 is 1.96 bits per heavy atom. The average molecular weight is 359 g/mol. The van der Waals surface area contributed by atoms with E-state index in [1.54, 1.807) is 0 Å². The summed E-state index contributed by atoms with van der Waals surface area (Å²) in [6.07, 6.45) is -4.85. The van der Waals surface area contributed by atoms with Crippen LogP contribution in [0.3, 0.4) is 0 Å². The highest BCUT2D eigenvalue weighted by atomic mass is 19.4. The third-order valence-corrected chi connectivity index (χ3v) is 3.35. The molecule has 0 unspecified atom stereocenters. The molecule has 0 bridgehead atoms. The molecule has 0 spiro atoms. The summed E-state index contributed by atoms with van der Waals surface area (Å²) in [5, 5.41) is 2.24. The van der Waals surface area contributed by atoms with Crippen LogP contribution in [0.2, 0.25) is 0 Å². The Morgan fingerprint density at radius 1 is 1.04 bits per heavy atom. The Bertz CT molecular complexity index is 708. The van der Waals surface area contributed by atoms with E-state index >= 15 is 0 Å². The van der Waals surface area contributed by atoms with Crippen LogP contribution in [0.4, 0.5) is 23.7 Å². The van der Waals surface area contributed by atoms with E-state index in [0.717, 1.165) is 38.4 Å². The lowest BCUT2D eigenvalue weighted by Crippen LogP contribution is -2.59. The molecule has 1 N–H and O–H groups in total. The van der Waals surface area contributed by atoms with E-state index in [0.29, 0.717) is 9.80 Å². The minimum absolute atomic E-state index is 0.0438. The van der Waals surface area contributed by atoms with Gasteiger partial charge in [0.2, 0.25) is 5.91 Å². The smallest absolute Gasteiger partial charge is 0.406 e. The van der Waals surface area contributed by atoms with Crippen molar-refractivity contribution in [2.24, 2.45) is 5.92 Å². The molecule has 1 aromatic rings. The largest absolute Gasteiger partial charge is 0.573 e. The molecule has 1 fully saturated rings. The van der Waals surface area contributed by atoms with E-state index in [9.17, 15) is 32.3 Å². The fourth-order valence-corrected chi connectivity index (χ4v) is 2.09. The Balaban J connectivity index is 2.12. The summed E-state index contributed by atoms with van der Waals surface area (Å²) in [4.78, 5) is 49.0. The quantitative estimate of drug-likeness (QED) is 0.818. The van der Waals surface area contributed by atoms with Crippen LogP contribution >= 0.6 is 0 Å². The first-order valence-electron chi connectivity index (χ1n) is 6.77. The molecule has 1 aliphatic heterocycles. The number of carbonyl (C=O) groups is 4. The van der Waals surface area contributed by atoms with Crippen LogP contribution in [0, 0.1) is 5.92 Å². The minimum atomic E-state index is -4.85. The highest BCUT2D eigenvalue weighted by Crippen LogP contribution is 2.24. The molecule has 8 nitrogen and oxygen atoms in total. The van der Waals surface area contributed by atoms with Gasteiger partial charge >= 0.3 is 12.4 Å². The topological polar surface area (TPSA) is 96.0 Å². The predicted molar refractivity (Wildman–Crippen MR) is 76.2 cm³/mol. The molecule has 1 heterocycles. The number of amides is 5. The number of nitrogens with zero attached hydrogens (tertiary/aromatic N) is 2. The van der Waals surface area contributed by atoms with E-state index in [4.69, 9.17) is 0 Å². The summed E-state index contributed by atoms with van der Waals surface area (Å²) in [5.74, 6) is -5.27. The Hall–Kier alpha value is -3.11. The number of urea groups is 1. The second-order valence-electron chi connectivity index (χ2n) is 5.07. The monoisotopic (exact) mass is 359 g/mol. The van der Waals surface area contributed by atoms with E-state index in [-0.39, 0.29) is 5.69 Å². The van der Waals surface area contributed by atoms with Gasteiger partial charge in [0.15, 0.2) is 5.92 Å². The van der Waals surface area contributed by atoms with E-state index in [1.165, 1.54) is 0 Å². The number of hydrogen-bond donors (Lipinski definition) is 1. The van der Waals surface area contributed by atoms with Crippen molar-refractivity contribution in [2.45, 2.75) is 6.36 Å². The van der Waals surface area contributed by atoms with Crippen molar-refractivity contribution in [1.29, 1.82) is 0 Å². The molecule has 25 heavy (non-hydrogen) atoms. The first-order chi connectivity index (χ1) is 11.5. The van der Waals surface area contributed by atoms with Gasteiger partial charge < -0.3 is 10.1 Å². The van der Waals surface area contributed by atoms with Crippen LogP contribution in [0.1, 0.15) is 0 Å². The normalized spacial score (nSPS) is 16.3. The van der Waals surface area contributed by atoms with Gasteiger partial charge in [0, 0.05) is 19.8 Å². The maximum Gasteiger partial charge on any atom is 0.573 e. The molecule has 1 aromatic carbocycles. The molecule has 2 rings (SSSR count). The van der Waals surface area contributed by atoms with Crippen LogP contribution in [0.25, 0.3) is 0 Å². The third-order valence-electron chi connectivity index (χ3n) is 3.35. The summed E-state index contributed by atoms with van der Waals surface area (Å²) in [6.45, 7) is 0. The summed E-state index contributed by atoms with van der Waals surface area (Å²) in [7, 11) is 2.24. The van der Waals surface area contributed by atoms with Gasteiger partial charge in [-0.15, -0.1) is 13.2 Å². The fourth-order valence-electron chi connectivity index (χ4n) is 2.09. The predicted octanol–water partition coefficient (Wildman–Crippen LogP) is 1.19. The van der Waals surface area contributed by atoms with Crippen molar-refractivity contribution < 1.29 is 37.1 Å². The first-order valence-corrected chi connectivity index (χ1v) is 6.77. The molecule has 1 saturated heterocycles. The lowest BCUT2D eigenvalue weighted by Gasteiger charge is -2.32. The van der Waals surface area contributed by atoms with Gasteiger partial charge in [-0.3, -0.25) is 24.2 Å². The van der Waals surface area contributed by atoms with Crippen LogP contribution in [-0.4, -0.2) is 54.0 Å². The number of barbiturate groups is 1. The van der Waals surface area contributed by atoms with Gasteiger partial charge in [-0.2, -0.15) is 0 Å². The van der Waals surface area contributed by atoms with Crippen LogP contribution < -0.4 is 10.1 Å². The number of nitrogens with one attached hydrogen (secondary N) is 1. The molecule has 0 saturated carbocycles. The minimum Gasteiger partial charge on any atom is -0.406 e. The van der Waals surface area contributed by atoms with Crippen molar-refractivity contribution >= 4 is 29.4 Å². The summed E-state index contributed by atoms with van der Waals surface area (Å²) in [6, 6.07) is 3.25. The van der Waals surface area contributed by atoms with Crippen molar-refractivity contribution in [3.05, 3.63) is 24.3 Å². The molecule has 134 valence electrons. The van der Waals surface area contributed by atoms with Gasteiger partial charge in [-0.25, -0.2) is 4.79 Å². The van der Waals surface area contributed by atoms with Crippen molar-refractivity contribution in [1.82, 2.24) is 9.80 Å². The van der Waals surface area contributed by atoms with Gasteiger partial charge in [0.25, 0.3) is 11.8 Å². The van der Waals surface area contributed by atoms with E-state index in [1.807, 2.05) is 0 Å². The standard InChI is InChI=1S/C14H12F3N3O5/c1-19-11(22)9(12(23)20(2)13(19)24)10(21)18-7-3-5-8(6-4-7)25-14(15,16)17/h3-6,9H,1-2H3,(H,18,21). The molecule has 0 aliphatic carbocycles. The third kappa shape index (κ3) is 3.87. The fraction of sp³-hybridized carbons (Fsp3) is 0.286. The van der Waals surface area contributed by atoms with Gasteiger partial charge in [0.1, 0.15) is 5.75 Å². The van der Waals surface area contributed by atoms with Crippen LogP contribution in [-0.2, 0) is 14.4 Å². The van der Waals surface area contributed by atoms with Gasteiger partial charge in [-0.05, 0) is 24.3 Å². The van der Waals surface area contributed by atoms with Crippen molar-refractivity contribution in [2.75, 3.05) is 19.4 Å². The zero-order valence-corrected chi connectivity index (χ0v) is 13.0. The lowest BCUT2D eigenvalue weighted by atomic mass is 10.0. The molecule has 11 heteroatoms. The SMILES string of the molecule is CN1C(=O)C(C(=O)Nc2ccc(OC(F)(F)F)cc2)C(=O)N(C)C1=O. The van der Waals surface area contributed by atoms with Crippen LogP contribution in [0.5, 0.6) is 5.75 Å². The molecular formula is C14H12F3N3O5. The number of alkyl halides is 3. The number of hydrogen-bond acceptors (Lipinski definition) is 5. The second-order valence-corrected chi connectivity index (χ2v) is 5.07. The number of carbonyl (C=O) groups excluding carboxylic acids is 4. The van der Waals surface area contributed by atoms with E-state index < -0.39 is 41.8 Å². The summed E-state index contributed by atoms with van der Waals surface area (Å²) < 4.78 is 39.9. The number of rotatable bonds is 3. The number of ether oxygens (including phenoxy) is 1. The second kappa shape index (κ2) is 6.42. The molecule has 5 amide bonds. The Kier molecular flexibility index (Phi) is 4.68. The van der Waals surface area contributed by atoms with Crippen molar-refractivity contribution in [3.8, 4) is 5.75 Å².